The first-order chi connectivity index (χ1) is 9.03. The SMILES string of the molecule is Cc1cc(C)cc(CC(NN)C2(C)CCCCC2)c1. The quantitative estimate of drug-likeness (QED) is 0.640. The van der Waals surface area contributed by atoms with Gasteiger partial charge in [-0.05, 0) is 44.1 Å². The van der Waals surface area contributed by atoms with Gasteiger partial charge in [0.2, 0.25) is 0 Å². The van der Waals surface area contributed by atoms with Crippen LogP contribution in [-0.2, 0) is 6.42 Å². The topological polar surface area (TPSA) is 38.0 Å². The third-order valence-electron chi connectivity index (χ3n) is 4.76. The fourth-order valence-electron chi connectivity index (χ4n) is 3.64. The Balaban J connectivity index is 2.13. The summed E-state index contributed by atoms with van der Waals surface area (Å²) in [6, 6.07) is 7.21. The zero-order valence-electron chi connectivity index (χ0n) is 12.6. The Bertz CT molecular complexity index is 399. The highest BCUT2D eigenvalue weighted by molar-refractivity contribution is 5.29. The Morgan fingerprint density at radius 2 is 1.68 bits per heavy atom. The smallest absolute Gasteiger partial charge is 0.0304 e. The Kier molecular flexibility index (Phi) is 4.64. The van der Waals surface area contributed by atoms with Crippen molar-refractivity contribution in [2.24, 2.45) is 11.3 Å². The molecule has 1 fully saturated rings. The predicted octanol–water partition coefficient (Wildman–Crippen LogP) is 3.65. The molecule has 2 nitrogen and oxygen atoms in total. The van der Waals surface area contributed by atoms with Crippen molar-refractivity contribution in [3.05, 3.63) is 34.9 Å². The molecule has 19 heavy (non-hydrogen) atoms. The summed E-state index contributed by atoms with van der Waals surface area (Å²) >= 11 is 0. The lowest BCUT2D eigenvalue weighted by atomic mass is 9.69. The van der Waals surface area contributed by atoms with Crippen LogP contribution < -0.4 is 11.3 Å². The van der Waals surface area contributed by atoms with Crippen LogP contribution in [0.2, 0.25) is 0 Å². The molecule has 0 aromatic heterocycles. The number of nitrogens with one attached hydrogen (secondary N) is 1. The number of aryl methyl sites for hydroxylation is 2. The van der Waals surface area contributed by atoms with Crippen molar-refractivity contribution >= 4 is 0 Å². The molecule has 1 unspecified atom stereocenters. The highest BCUT2D eigenvalue weighted by Crippen LogP contribution is 2.39. The van der Waals surface area contributed by atoms with E-state index in [1.807, 2.05) is 0 Å². The second-order valence-corrected chi connectivity index (χ2v) is 6.63. The maximum absolute atomic E-state index is 5.86. The second-order valence-electron chi connectivity index (χ2n) is 6.63. The third kappa shape index (κ3) is 3.58. The largest absolute Gasteiger partial charge is 0.271 e. The van der Waals surface area contributed by atoms with Gasteiger partial charge in [0.25, 0.3) is 0 Å². The lowest BCUT2D eigenvalue weighted by Gasteiger charge is -2.40. The molecule has 2 rings (SSSR count). The molecular weight excluding hydrogens is 232 g/mol. The molecular formula is C17H28N2. The summed E-state index contributed by atoms with van der Waals surface area (Å²) in [5.41, 5.74) is 7.55. The lowest BCUT2D eigenvalue weighted by Crippen LogP contribution is -2.49. The van der Waals surface area contributed by atoms with E-state index in [0.29, 0.717) is 11.5 Å². The van der Waals surface area contributed by atoms with E-state index in [1.54, 1.807) is 0 Å². The van der Waals surface area contributed by atoms with Crippen molar-refractivity contribution in [1.29, 1.82) is 0 Å². The molecule has 0 bridgehead atoms. The van der Waals surface area contributed by atoms with Gasteiger partial charge in [0.05, 0.1) is 0 Å². The minimum Gasteiger partial charge on any atom is -0.271 e. The Morgan fingerprint density at radius 3 is 2.21 bits per heavy atom. The Hall–Kier alpha value is -0.860. The molecule has 0 radical (unpaired) electrons. The third-order valence-corrected chi connectivity index (χ3v) is 4.76. The first-order valence-electron chi connectivity index (χ1n) is 7.57. The Morgan fingerprint density at radius 1 is 1.11 bits per heavy atom. The first kappa shape index (κ1) is 14.5. The number of rotatable bonds is 4. The van der Waals surface area contributed by atoms with Gasteiger partial charge in [0.1, 0.15) is 0 Å². The van der Waals surface area contributed by atoms with Crippen molar-refractivity contribution in [3.63, 3.8) is 0 Å². The summed E-state index contributed by atoms with van der Waals surface area (Å²) in [5.74, 6) is 5.86. The fraction of sp³-hybridized carbons (Fsp3) is 0.647. The molecule has 0 aliphatic heterocycles. The van der Waals surface area contributed by atoms with E-state index >= 15 is 0 Å². The molecule has 1 aliphatic carbocycles. The summed E-state index contributed by atoms with van der Waals surface area (Å²) in [4.78, 5) is 0. The van der Waals surface area contributed by atoms with Crippen LogP contribution in [0.5, 0.6) is 0 Å². The number of hydrazine groups is 1. The van der Waals surface area contributed by atoms with E-state index in [2.05, 4.69) is 44.4 Å². The average molecular weight is 260 g/mol. The molecule has 106 valence electrons. The van der Waals surface area contributed by atoms with Gasteiger partial charge >= 0.3 is 0 Å². The van der Waals surface area contributed by atoms with E-state index in [9.17, 15) is 0 Å². The standard InChI is InChI=1S/C17H28N2/c1-13-9-14(2)11-15(10-13)12-16(19-18)17(3)7-5-4-6-8-17/h9-11,16,19H,4-8,12,18H2,1-3H3. The Labute approximate surface area is 117 Å². The number of hydrogen-bond acceptors (Lipinski definition) is 2. The van der Waals surface area contributed by atoms with Gasteiger partial charge in [-0.15, -0.1) is 0 Å². The second kappa shape index (κ2) is 6.06. The molecule has 0 spiro atoms. The molecule has 3 N–H and O–H groups in total. The van der Waals surface area contributed by atoms with E-state index in [4.69, 9.17) is 5.84 Å². The number of hydrogen-bond donors (Lipinski definition) is 2. The minimum atomic E-state index is 0.352. The maximum atomic E-state index is 5.86. The monoisotopic (exact) mass is 260 g/mol. The van der Waals surface area contributed by atoms with E-state index in [0.717, 1.165) is 6.42 Å². The highest BCUT2D eigenvalue weighted by atomic mass is 15.2. The van der Waals surface area contributed by atoms with Gasteiger partial charge in [-0.3, -0.25) is 11.3 Å². The summed E-state index contributed by atoms with van der Waals surface area (Å²) in [6.45, 7) is 6.74. The van der Waals surface area contributed by atoms with Gasteiger partial charge in [0, 0.05) is 6.04 Å². The van der Waals surface area contributed by atoms with Crippen molar-refractivity contribution in [2.45, 2.75) is 65.3 Å². The van der Waals surface area contributed by atoms with Crippen LogP contribution in [0.15, 0.2) is 18.2 Å². The van der Waals surface area contributed by atoms with Crippen molar-refractivity contribution in [1.82, 2.24) is 5.43 Å². The maximum Gasteiger partial charge on any atom is 0.0304 e. The van der Waals surface area contributed by atoms with Gasteiger partial charge in [0.15, 0.2) is 0 Å². The van der Waals surface area contributed by atoms with Gasteiger partial charge in [-0.2, -0.15) is 0 Å². The van der Waals surface area contributed by atoms with Crippen LogP contribution in [0.4, 0.5) is 0 Å². The summed E-state index contributed by atoms with van der Waals surface area (Å²) in [5, 5.41) is 0. The van der Waals surface area contributed by atoms with E-state index in [1.165, 1.54) is 48.8 Å². The minimum absolute atomic E-state index is 0.352. The van der Waals surface area contributed by atoms with E-state index < -0.39 is 0 Å². The van der Waals surface area contributed by atoms with E-state index in [-0.39, 0.29) is 0 Å². The zero-order chi connectivity index (χ0) is 13.9. The molecule has 1 aliphatic rings. The zero-order valence-corrected chi connectivity index (χ0v) is 12.6. The van der Waals surface area contributed by atoms with Gasteiger partial charge in [-0.25, -0.2) is 0 Å². The van der Waals surface area contributed by atoms with Gasteiger partial charge < -0.3 is 0 Å². The molecule has 2 heteroatoms. The predicted molar refractivity (Wildman–Crippen MR) is 81.9 cm³/mol. The fourth-order valence-corrected chi connectivity index (χ4v) is 3.64. The summed E-state index contributed by atoms with van der Waals surface area (Å²) < 4.78 is 0. The molecule has 0 heterocycles. The highest BCUT2D eigenvalue weighted by Gasteiger charge is 2.34. The van der Waals surface area contributed by atoms with Crippen LogP contribution in [0.1, 0.15) is 55.7 Å². The van der Waals surface area contributed by atoms with Crippen LogP contribution in [-0.4, -0.2) is 6.04 Å². The average Bonchev–Trinajstić information content (AvgIpc) is 2.35. The molecule has 1 saturated carbocycles. The summed E-state index contributed by atoms with van der Waals surface area (Å²) in [6.07, 6.45) is 7.72. The van der Waals surface area contributed by atoms with Crippen molar-refractivity contribution in [3.8, 4) is 0 Å². The van der Waals surface area contributed by atoms with Gasteiger partial charge in [-0.1, -0.05) is 55.5 Å². The summed E-state index contributed by atoms with van der Waals surface area (Å²) in [7, 11) is 0. The molecule has 0 saturated heterocycles. The number of nitrogens with two attached hydrogens (primary N) is 1. The number of benzene rings is 1. The first-order valence-corrected chi connectivity index (χ1v) is 7.57. The molecule has 1 atom stereocenters. The van der Waals surface area contributed by atoms with Crippen LogP contribution in [0, 0.1) is 19.3 Å². The van der Waals surface area contributed by atoms with Crippen LogP contribution in [0.3, 0.4) is 0 Å². The lowest BCUT2D eigenvalue weighted by molar-refractivity contribution is 0.144. The molecule has 1 aromatic rings. The molecule has 1 aromatic carbocycles. The van der Waals surface area contributed by atoms with Crippen LogP contribution >= 0.6 is 0 Å². The molecule has 0 amide bonds. The van der Waals surface area contributed by atoms with Crippen molar-refractivity contribution in [2.75, 3.05) is 0 Å². The normalized spacial score (nSPS) is 20.2. The van der Waals surface area contributed by atoms with Crippen molar-refractivity contribution < 1.29 is 0 Å². The van der Waals surface area contributed by atoms with Crippen LogP contribution in [0.25, 0.3) is 0 Å².